The lowest BCUT2D eigenvalue weighted by molar-refractivity contribution is -0.140. The topological polar surface area (TPSA) is 38.7 Å². The molecule has 0 aliphatic heterocycles. The first-order chi connectivity index (χ1) is 11.7. The first kappa shape index (κ1) is 18.0. The number of aliphatic hydroxyl groups is 1. The highest BCUT2D eigenvalue weighted by atomic mass is 16.6. The predicted octanol–water partition coefficient (Wildman–Crippen LogP) is 4.80. The van der Waals surface area contributed by atoms with Gasteiger partial charge in [-0.05, 0) is 29.7 Å². The summed E-state index contributed by atoms with van der Waals surface area (Å²) in [6.07, 6.45) is 4.69. The summed E-state index contributed by atoms with van der Waals surface area (Å²) in [6.45, 7) is 6.05. The van der Waals surface area contributed by atoms with E-state index in [9.17, 15) is 5.11 Å². The van der Waals surface area contributed by atoms with E-state index in [1.807, 2.05) is 67.6 Å². The van der Waals surface area contributed by atoms with Gasteiger partial charge >= 0.3 is 0 Å². The average Bonchev–Trinajstić information content (AvgIpc) is 2.62. The molecule has 0 bridgehead atoms. The molecular formula is C21H24O3. The quantitative estimate of drug-likeness (QED) is 0.409. The molecule has 0 aromatic heterocycles. The molecule has 2 aromatic carbocycles. The van der Waals surface area contributed by atoms with Crippen LogP contribution in [0.2, 0.25) is 0 Å². The van der Waals surface area contributed by atoms with E-state index in [1.165, 1.54) is 0 Å². The summed E-state index contributed by atoms with van der Waals surface area (Å²) in [5.74, 6) is 0. The van der Waals surface area contributed by atoms with Crippen molar-refractivity contribution in [2.45, 2.75) is 25.7 Å². The molecule has 0 radical (unpaired) electrons. The fourth-order valence-electron chi connectivity index (χ4n) is 2.21. The van der Waals surface area contributed by atoms with Crippen molar-refractivity contribution in [1.29, 1.82) is 0 Å². The summed E-state index contributed by atoms with van der Waals surface area (Å²) in [5, 5.41) is 9.96. The third-order valence-electron chi connectivity index (χ3n) is 3.64. The van der Waals surface area contributed by atoms with Gasteiger partial charge in [-0.1, -0.05) is 67.3 Å². The molecular weight excluding hydrogens is 300 g/mol. The van der Waals surface area contributed by atoms with Gasteiger partial charge in [0.05, 0.1) is 19.0 Å². The molecule has 0 saturated carbocycles. The average molecular weight is 324 g/mol. The van der Waals surface area contributed by atoms with Gasteiger partial charge < -0.3 is 14.6 Å². The Morgan fingerprint density at radius 2 is 1.75 bits per heavy atom. The number of hydrogen-bond acceptors (Lipinski definition) is 3. The number of hydrogen-bond donors (Lipinski definition) is 1. The van der Waals surface area contributed by atoms with Crippen molar-refractivity contribution in [2.24, 2.45) is 0 Å². The van der Waals surface area contributed by atoms with Crippen molar-refractivity contribution < 1.29 is 14.6 Å². The van der Waals surface area contributed by atoms with E-state index in [1.54, 1.807) is 12.3 Å². The standard InChI is InChI=1S/C21H24O3/c1-3-18-9-11-20(12-10-18)17(2)24-21(22)14-16-23-15-13-19-7-5-4-6-8-19/h3-13,15,17,21-22H,1,14,16H2,2H3. The van der Waals surface area contributed by atoms with E-state index in [2.05, 4.69) is 6.58 Å². The number of benzene rings is 2. The molecule has 3 nitrogen and oxygen atoms in total. The van der Waals surface area contributed by atoms with Gasteiger partial charge in [0.1, 0.15) is 0 Å². The van der Waals surface area contributed by atoms with Gasteiger partial charge in [0.15, 0.2) is 6.29 Å². The first-order valence-electron chi connectivity index (χ1n) is 8.08. The van der Waals surface area contributed by atoms with Crippen LogP contribution in [-0.2, 0) is 9.47 Å². The van der Waals surface area contributed by atoms with Crippen molar-refractivity contribution >= 4 is 12.2 Å². The molecule has 0 saturated heterocycles. The molecule has 2 rings (SSSR count). The van der Waals surface area contributed by atoms with Crippen LogP contribution < -0.4 is 0 Å². The van der Waals surface area contributed by atoms with Crippen LogP contribution in [-0.4, -0.2) is 18.0 Å². The van der Waals surface area contributed by atoms with E-state index in [0.29, 0.717) is 13.0 Å². The lowest BCUT2D eigenvalue weighted by Crippen LogP contribution is -2.16. The highest BCUT2D eigenvalue weighted by molar-refractivity contribution is 5.48. The summed E-state index contributed by atoms with van der Waals surface area (Å²) in [6, 6.07) is 17.8. The molecule has 2 atom stereocenters. The van der Waals surface area contributed by atoms with Crippen LogP contribution in [0.4, 0.5) is 0 Å². The lowest BCUT2D eigenvalue weighted by atomic mass is 10.1. The Kier molecular flexibility index (Phi) is 7.27. The Bertz CT molecular complexity index is 632. The van der Waals surface area contributed by atoms with E-state index in [4.69, 9.17) is 9.47 Å². The van der Waals surface area contributed by atoms with Gasteiger partial charge in [0.25, 0.3) is 0 Å². The maximum Gasteiger partial charge on any atom is 0.158 e. The molecule has 0 aliphatic carbocycles. The second-order valence-electron chi connectivity index (χ2n) is 5.48. The highest BCUT2D eigenvalue weighted by Crippen LogP contribution is 2.19. The largest absolute Gasteiger partial charge is 0.501 e. The van der Waals surface area contributed by atoms with Crippen LogP contribution in [0.25, 0.3) is 12.2 Å². The molecule has 0 spiro atoms. The van der Waals surface area contributed by atoms with Crippen LogP contribution >= 0.6 is 0 Å². The van der Waals surface area contributed by atoms with Gasteiger partial charge in [-0.15, -0.1) is 0 Å². The molecule has 3 heteroatoms. The SMILES string of the molecule is C=Cc1ccc(C(C)OC(O)CCOC=Cc2ccccc2)cc1. The predicted molar refractivity (Wildman–Crippen MR) is 98.1 cm³/mol. The normalized spacial score (nSPS) is 13.6. The highest BCUT2D eigenvalue weighted by Gasteiger charge is 2.11. The van der Waals surface area contributed by atoms with Crippen molar-refractivity contribution in [3.05, 3.63) is 84.1 Å². The van der Waals surface area contributed by atoms with Crippen LogP contribution in [0, 0.1) is 0 Å². The molecule has 0 fully saturated rings. The zero-order valence-corrected chi connectivity index (χ0v) is 14.0. The Labute approximate surface area is 143 Å². The summed E-state index contributed by atoms with van der Waals surface area (Å²) >= 11 is 0. The maximum absolute atomic E-state index is 9.96. The smallest absolute Gasteiger partial charge is 0.158 e. The summed E-state index contributed by atoms with van der Waals surface area (Å²) in [7, 11) is 0. The molecule has 2 aromatic rings. The molecule has 24 heavy (non-hydrogen) atoms. The number of aliphatic hydroxyl groups excluding tert-OH is 1. The minimum absolute atomic E-state index is 0.182. The van der Waals surface area contributed by atoms with E-state index < -0.39 is 6.29 Å². The van der Waals surface area contributed by atoms with Crippen LogP contribution in [0.1, 0.15) is 36.1 Å². The zero-order valence-electron chi connectivity index (χ0n) is 14.0. The number of ether oxygens (including phenoxy) is 2. The lowest BCUT2D eigenvalue weighted by Gasteiger charge is -2.18. The summed E-state index contributed by atoms with van der Waals surface area (Å²) < 4.78 is 11.0. The summed E-state index contributed by atoms with van der Waals surface area (Å²) in [4.78, 5) is 0. The monoisotopic (exact) mass is 324 g/mol. The molecule has 1 N–H and O–H groups in total. The van der Waals surface area contributed by atoms with Gasteiger partial charge in [-0.25, -0.2) is 0 Å². The first-order valence-corrected chi connectivity index (χ1v) is 8.08. The minimum Gasteiger partial charge on any atom is -0.501 e. The van der Waals surface area contributed by atoms with Crippen LogP contribution in [0.15, 0.2) is 67.4 Å². The minimum atomic E-state index is -0.857. The van der Waals surface area contributed by atoms with Crippen molar-refractivity contribution in [3.63, 3.8) is 0 Å². The van der Waals surface area contributed by atoms with Crippen LogP contribution in [0.3, 0.4) is 0 Å². The maximum atomic E-state index is 9.96. The van der Waals surface area contributed by atoms with Gasteiger partial charge in [0, 0.05) is 6.42 Å². The zero-order chi connectivity index (χ0) is 17.2. The van der Waals surface area contributed by atoms with Gasteiger partial charge in [-0.3, -0.25) is 0 Å². The number of rotatable bonds is 9. The van der Waals surface area contributed by atoms with E-state index >= 15 is 0 Å². The van der Waals surface area contributed by atoms with Gasteiger partial charge in [-0.2, -0.15) is 0 Å². The van der Waals surface area contributed by atoms with E-state index in [0.717, 1.165) is 16.7 Å². The Morgan fingerprint density at radius 1 is 1.04 bits per heavy atom. The Morgan fingerprint density at radius 3 is 2.42 bits per heavy atom. The van der Waals surface area contributed by atoms with Crippen molar-refractivity contribution in [1.82, 2.24) is 0 Å². The van der Waals surface area contributed by atoms with Crippen molar-refractivity contribution in [3.8, 4) is 0 Å². The second kappa shape index (κ2) is 9.71. The second-order valence-corrected chi connectivity index (χ2v) is 5.48. The Hall–Kier alpha value is -2.36. The molecule has 0 heterocycles. The third-order valence-corrected chi connectivity index (χ3v) is 3.64. The van der Waals surface area contributed by atoms with E-state index in [-0.39, 0.29) is 6.10 Å². The fourth-order valence-corrected chi connectivity index (χ4v) is 2.21. The van der Waals surface area contributed by atoms with Crippen molar-refractivity contribution in [2.75, 3.05) is 6.61 Å². The molecule has 0 amide bonds. The van der Waals surface area contributed by atoms with Crippen LogP contribution in [0.5, 0.6) is 0 Å². The fraction of sp³-hybridized carbons (Fsp3) is 0.238. The Balaban J connectivity index is 1.69. The summed E-state index contributed by atoms with van der Waals surface area (Å²) in [5.41, 5.74) is 3.15. The third kappa shape index (κ3) is 6.03. The molecule has 126 valence electrons. The molecule has 0 aliphatic rings. The molecule has 2 unspecified atom stereocenters. The van der Waals surface area contributed by atoms with Gasteiger partial charge in [0.2, 0.25) is 0 Å².